The molecule has 2 nitrogen and oxygen atoms in total. The fourth-order valence-electron chi connectivity index (χ4n) is 2.32. The van der Waals surface area contributed by atoms with E-state index in [0.717, 1.165) is 21.5 Å². The van der Waals surface area contributed by atoms with Crippen LogP contribution >= 0.6 is 15.9 Å². The van der Waals surface area contributed by atoms with Crippen molar-refractivity contribution >= 4 is 15.9 Å². The number of aryl methyl sites for hydroxylation is 1. The lowest BCUT2D eigenvalue weighted by Gasteiger charge is -2.14. The molecular weight excluding hydrogens is 314 g/mol. The zero-order valence-electron chi connectivity index (χ0n) is 12.1. The Morgan fingerprint density at radius 2 is 1.95 bits per heavy atom. The van der Waals surface area contributed by atoms with Gasteiger partial charge in [-0.1, -0.05) is 41.9 Å². The summed E-state index contributed by atoms with van der Waals surface area (Å²) in [5.74, 6) is 2.17. The van der Waals surface area contributed by atoms with Crippen molar-refractivity contribution in [2.45, 2.75) is 33.2 Å². The maximum absolute atomic E-state index is 5.99. The van der Waals surface area contributed by atoms with Crippen LogP contribution in [0.5, 0.6) is 11.5 Å². The van der Waals surface area contributed by atoms with Crippen molar-refractivity contribution in [2.75, 3.05) is 0 Å². The lowest BCUT2D eigenvalue weighted by molar-refractivity contribution is 0.475. The first-order valence-electron chi connectivity index (χ1n) is 6.78. The first kappa shape index (κ1) is 15.1. The van der Waals surface area contributed by atoms with E-state index in [1.807, 2.05) is 24.3 Å². The second kappa shape index (κ2) is 6.42. The molecular formula is C17H20BrNO. The number of halogens is 1. The molecule has 0 unspecified atom stereocenters. The van der Waals surface area contributed by atoms with Gasteiger partial charge in [-0.25, -0.2) is 0 Å². The second-order valence-corrected chi connectivity index (χ2v) is 6.05. The summed E-state index contributed by atoms with van der Waals surface area (Å²) in [5, 5.41) is 0. The van der Waals surface area contributed by atoms with Crippen LogP contribution in [0.3, 0.4) is 0 Å². The van der Waals surface area contributed by atoms with Gasteiger partial charge in [0.2, 0.25) is 0 Å². The predicted molar refractivity (Wildman–Crippen MR) is 87.4 cm³/mol. The molecule has 0 aliphatic heterocycles. The van der Waals surface area contributed by atoms with E-state index in [4.69, 9.17) is 10.5 Å². The molecule has 0 heterocycles. The second-order valence-electron chi connectivity index (χ2n) is 5.20. The first-order valence-corrected chi connectivity index (χ1v) is 7.58. The molecule has 0 atom stereocenters. The molecule has 0 amide bonds. The molecule has 0 radical (unpaired) electrons. The van der Waals surface area contributed by atoms with Crippen molar-refractivity contribution in [1.29, 1.82) is 0 Å². The van der Waals surface area contributed by atoms with Gasteiger partial charge < -0.3 is 10.5 Å². The highest BCUT2D eigenvalue weighted by Gasteiger charge is 2.09. The van der Waals surface area contributed by atoms with Gasteiger partial charge in [-0.3, -0.25) is 0 Å². The van der Waals surface area contributed by atoms with E-state index >= 15 is 0 Å². The summed E-state index contributed by atoms with van der Waals surface area (Å²) < 4.78 is 6.97. The predicted octanol–water partition coefficient (Wildman–Crippen LogP) is 5.13. The van der Waals surface area contributed by atoms with Crippen LogP contribution in [0.2, 0.25) is 0 Å². The van der Waals surface area contributed by atoms with Crippen molar-refractivity contribution in [1.82, 2.24) is 0 Å². The molecule has 3 heteroatoms. The van der Waals surface area contributed by atoms with Gasteiger partial charge in [0.25, 0.3) is 0 Å². The fourth-order valence-corrected chi connectivity index (χ4v) is 2.83. The average Bonchev–Trinajstić information content (AvgIpc) is 2.38. The Kier molecular flexibility index (Phi) is 4.84. The zero-order chi connectivity index (χ0) is 14.7. The third kappa shape index (κ3) is 3.22. The Hall–Kier alpha value is -1.32. The fraction of sp³-hybridized carbons (Fsp3) is 0.294. The third-order valence-electron chi connectivity index (χ3n) is 3.37. The highest BCUT2D eigenvalue weighted by Crippen LogP contribution is 2.32. The Morgan fingerprint density at radius 1 is 1.20 bits per heavy atom. The monoisotopic (exact) mass is 333 g/mol. The molecule has 0 saturated carbocycles. The highest BCUT2D eigenvalue weighted by atomic mass is 79.9. The topological polar surface area (TPSA) is 35.2 Å². The molecule has 106 valence electrons. The van der Waals surface area contributed by atoms with Crippen molar-refractivity contribution in [2.24, 2.45) is 5.73 Å². The van der Waals surface area contributed by atoms with Gasteiger partial charge >= 0.3 is 0 Å². The van der Waals surface area contributed by atoms with Gasteiger partial charge in [0.1, 0.15) is 11.5 Å². The minimum Gasteiger partial charge on any atom is -0.457 e. The molecule has 0 aromatic heterocycles. The quantitative estimate of drug-likeness (QED) is 0.841. The minimum absolute atomic E-state index is 0.444. The van der Waals surface area contributed by atoms with Crippen LogP contribution in [0, 0.1) is 6.92 Å². The maximum atomic E-state index is 5.99. The third-order valence-corrected chi connectivity index (χ3v) is 4.11. The summed E-state index contributed by atoms with van der Waals surface area (Å²) in [6.45, 7) is 6.96. The van der Waals surface area contributed by atoms with E-state index in [1.54, 1.807) is 0 Å². The van der Waals surface area contributed by atoms with Gasteiger partial charge in [0, 0.05) is 16.6 Å². The SMILES string of the molecule is Cc1cc(Oc2cccc(Br)c2CN)ccc1C(C)C. The lowest BCUT2D eigenvalue weighted by atomic mass is 9.98. The van der Waals surface area contributed by atoms with E-state index in [1.165, 1.54) is 11.1 Å². The average molecular weight is 334 g/mol. The first-order chi connectivity index (χ1) is 9.52. The number of rotatable bonds is 4. The zero-order valence-corrected chi connectivity index (χ0v) is 13.7. The molecule has 2 rings (SSSR count). The van der Waals surface area contributed by atoms with E-state index < -0.39 is 0 Å². The van der Waals surface area contributed by atoms with Crippen LogP contribution in [0.15, 0.2) is 40.9 Å². The molecule has 0 spiro atoms. The largest absolute Gasteiger partial charge is 0.457 e. The standard InChI is InChI=1S/C17H20BrNO/c1-11(2)14-8-7-13(9-12(14)3)20-17-6-4-5-16(18)15(17)10-19/h4-9,11H,10,19H2,1-3H3. The van der Waals surface area contributed by atoms with Crippen LogP contribution in [0.1, 0.15) is 36.5 Å². The molecule has 20 heavy (non-hydrogen) atoms. The normalized spacial score (nSPS) is 10.9. The van der Waals surface area contributed by atoms with Crippen LogP contribution < -0.4 is 10.5 Å². The summed E-state index contributed by atoms with van der Waals surface area (Å²) in [7, 11) is 0. The van der Waals surface area contributed by atoms with E-state index in [9.17, 15) is 0 Å². The Bertz CT molecular complexity index is 608. The molecule has 0 aliphatic rings. The summed E-state index contributed by atoms with van der Waals surface area (Å²) in [5.41, 5.74) is 9.38. The van der Waals surface area contributed by atoms with E-state index in [-0.39, 0.29) is 0 Å². The number of benzene rings is 2. The van der Waals surface area contributed by atoms with Crippen molar-refractivity contribution in [3.63, 3.8) is 0 Å². The molecule has 0 fully saturated rings. The summed E-state index contributed by atoms with van der Waals surface area (Å²) in [6.07, 6.45) is 0. The van der Waals surface area contributed by atoms with Crippen LogP contribution in [-0.2, 0) is 6.54 Å². The Morgan fingerprint density at radius 3 is 2.55 bits per heavy atom. The van der Waals surface area contributed by atoms with E-state index in [2.05, 4.69) is 48.8 Å². The highest BCUT2D eigenvalue weighted by molar-refractivity contribution is 9.10. The molecule has 0 saturated heterocycles. The van der Waals surface area contributed by atoms with E-state index in [0.29, 0.717) is 12.5 Å². The molecule has 2 aromatic carbocycles. The van der Waals surface area contributed by atoms with Crippen molar-refractivity contribution < 1.29 is 4.74 Å². The number of nitrogens with two attached hydrogens (primary N) is 1. The van der Waals surface area contributed by atoms with Crippen molar-refractivity contribution in [3.05, 3.63) is 57.6 Å². The molecule has 0 aliphatic carbocycles. The Labute approximate surface area is 129 Å². The number of hydrogen-bond donors (Lipinski definition) is 1. The van der Waals surface area contributed by atoms with Crippen LogP contribution in [0.4, 0.5) is 0 Å². The Balaban J connectivity index is 2.31. The summed E-state index contributed by atoms with van der Waals surface area (Å²) >= 11 is 3.51. The van der Waals surface area contributed by atoms with Crippen LogP contribution in [-0.4, -0.2) is 0 Å². The lowest BCUT2D eigenvalue weighted by Crippen LogP contribution is -2.01. The smallest absolute Gasteiger partial charge is 0.133 e. The summed E-state index contributed by atoms with van der Waals surface area (Å²) in [6, 6.07) is 12.1. The van der Waals surface area contributed by atoms with Gasteiger partial charge in [0.15, 0.2) is 0 Å². The summed E-state index contributed by atoms with van der Waals surface area (Å²) in [4.78, 5) is 0. The molecule has 2 aromatic rings. The minimum atomic E-state index is 0.444. The van der Waals surface area contributed by atoms with Crippen LogP contribution in [0.25, 0.3) is 0 Å². The van der Waals surface area contributed by atoms with Crippen molar-refractivity contribution in [3.8, 4) is 11.5 Å². The molecule has 0 bridgehead atoms. The number of ether oxygens (including phenoxy) is 1. The molecule has 2 N–H and O–H groups in total. The number of hydrogen-bond acceptors (Lipinski definition) is 2. The van der Waals surface area contributed by atoms with Gasteiger partial charge in [-0.2, -0.15) is 0 Å². The van der Waals surface area contributed by atoms with Gasteiger partial charge in [-0.15, -0.1) is 0 Å². The van der Waals surface area contributed by atoms with Gasteiger partial charge in [-0.05, 0) is 48.2 Å². The maximum Gasteiger partial charge on any atom is 0.133 e. The van der Waals surface area contributed by atoms with Gasteiger partial charge in [0.05, 0.1) is 0 Å².